The van der Waals surface area contributed by atoms with Gasteiger partial charge in [0.1, 0.15) is 13.1 Å². The molecule has 2 aromatic rings. The van der Waals surface area contributed by atoms with E-state index in [9.17, 15) is 18.0 Å². The Morgan fingerprint density at radius 2 is 2.26 bits per heavy atom. The first kappa shape index (κ1) is 13.1. The van der Waals surface area contributed by atoms with E-state index in [1.54, 1.807) is 17.4 Å². The van der Waals surface area contributed by atoms with Gasteiger partial charge in [0, 0.05) is 0 Å². The number of aromatic nitrogens is 4. The van der Waals surface area contributed by atoms with Gasteiger partial charge in [0.2, 0.25) is 11.7 Å². The monoisotopic (exact) mass is 275 g/mol. The Morgan fingerprint density at radius 1 is 1.47 bits per heavy atom. The number of rotatable bonds is 4. The lowest BCUT2D eigenvalue weighted by Crippen LogP contribution is -2.36. The van der Waals surface area contributed by atoms with E-state index in [2.05, 4.69) is 15.4 Å². The summed E-state index contributed by atoms with van der Waals surface area (Å²) in [5.74, 6) is -0.365. The maximum Gasteiger partial charge on any atom is 0.405 e. The third-order valence-electron chi connectivity index (χ3n) is 1.97. The second-order valence-corrected chi connectivity index (χ2v) is 3.51. The van der Waals surface area contributed by atoms with Gasteiger partial charge in [0.05, 0.1) is 6.26 Å². The summed E-state index contributed by atoms with van der Waals surface area (Å²) >= 11 is 0. The molecule has 2 aromatic heterocycles. The molecule has 0 aromatic carbocycles. The number of tetrazole rings is 1. The van der Waals surface area contributed by atoms with Crippen LogP contribution >= 0.6 is 0 Å². The topological polar surface area (TPSA) is 85.8 Å². The zero-order chi connectivity index (χ0) is 13.9. The van der Waals surface area contributed by atoms with Crippen LogP contribution in [0, 0.1) is 0 Å². The summed E-state index contributed by atoms with van der Waals surface area (Å²) in [5.41, 5.74) is 0. The lowest BCUT2D eigenvalue weighted by molar-refractivity contribution is -0.139. The zero-order valence-electron chi connectivity index (χ0n) is 9.39. The fourth-order valence-corrected chi connectivity index (χ4v) is 1.20. The molecule has 0 bridgehead atoms. The minimum Gasteiger partial charge on any atom is -0.461 e. The predicted octanol–water partition coefficient (Wildman–Crippen LogP) is 0.612. The van der Waals surface area contributed by atoms with Crippen molar-refractivity contribution in [2.75, 3.05) is 6.54 Å². The van der Waals surface area contributed by atoms with Gasteiger partial charge >= 0.3 is 6.18 Å². The normalized spacial score (nSPS) is 11.5. The van der Waals surface area contributed by atoms with Crippen LogP contribution < -0.4 is 5.32 Å². The minimum absolute atomic E-state index is 0.147. The Kier molecular flexibility index (Phi) is 3.49. The number of hydrogen-bond acceptors (Lipinski definition) is 5. The number of furan rings is 1. The highest BCUT2D eigenvalue weighted by atomic mass is 19.4. The van der Waals surface area contributed by atoms with Crippen molar-refractivity contribution in [3.05, 3.63) is 18.4 Å². The van der Waals surface area contributed by atoms with Crippen LogP contribution in [0.1, 0.15) is 0 Å². The summed E-state index contributed by atoms with van der Waals surface area (Å²) in [6, 6.07) is 3.21. The van der Waals surface area contributed by atoms with Crippen LogP contribution in [0.2, 0.25) is 0 Å². The molecule has 0 fully saturated rings. The van der Waals surface area contributed by atoms with Crippen LogP contribution in [-0.4, -0.2) is 38.8 Å². The molecule has 19 heavy (non-hydrogen) atoms. The number of halogens is 3. The van der Waals surface area contributed by atoms with Gasteiger partial charge in [-0.2, -0.15) is 18.0 Å². The van der Waals surface area contributed by atoms with Crippen LogP contribution in [0.3, 0.4) is 0 Å². The summed E-state index contributed by atoms with van der Waals surface area (Å²) in [4.78, 5) is 12.1. The summed E-state index contributed by atoms with van der Waals surface area (Å²) in [6.07, 6.45) is -3.04. The van der Waals surface area contributed by atoms with Gasteiger partial charge < -0.3 is 9.73 Å². The Morgan fingerprint density at radius 3 is 2.89 bits per heavy atom. The maximum absolute atomic E-state index is 11.9. The Balaban J connectivity index is 1.91. The van der Waals surface area contributed by atoms with E-state index >= 15 is 0 Å². The third-order valence-corrected chi connectivity index (χ3v) is 1.97. The Labute approximate surface area is 104 Å². The molecule has 10 heteroatoms. The first-order chi connectivity index (χ1) is 8.94. The summed E-state index contributed by atoms with van der Waals surface area (Å²) < 4.78 is 40.6. The molecule has 0 saturated carbocycles. The van der Waals surface area contributed by atoms with Crippen molar-refractivity contribution in [1.82, 2.24) is 25.5 Å². The van der Waals surface area contributed by atoms with Crippen molar-refractivity contribution in [3.63, 3.8) is 0 Å². The number of alkyl halides is 3. The van der Waals surface area contributed by atoms with Crippen LogP contribution in [0.4, 0.5) is 13.2 Å². The molecule has 0 saturated heterocycles. The van der Waals surface area contributed by atoms with Crippen molar-refractivity contribution < 1.29 is 22.4 Å². The van der Waals surface area contributed by atoms with Gasteiger partial charge in [0.25, 0.3) is 0 Å². The lowest BCUT2D eigenvalue weighted by Gasteiger charge is -2.07. The van der Waals surface area contributed by atoms with Crippen molar-refractivity contribution in [2.24, 2.45) is 0 Å². The molecule has 0 unspecified atom stereocenters. The average Bonchev–Trinajstić information content (AvgIpc) is 2.94. The molecule has 1 amide bonds. The second-order valence-electron chi connectivity index (χ2n) is 3.51. The highest BCUT2D eigenvalue weighted by molar-refractivity contribution is 5.75. The largest absolute Gasteiger partial charge is 0.461 e. The fraction of sp³-hybridized carbons (Fsp3) is 0.333. The van der Waals surface area contributed by atoms with Gasteiger partial charge in [-0.15, -0.1) is 10.2 Å². The van der Waals surface area contributed by atoms with E-state index in [1.165, 1.54) is 6.26 Å². The molecular formula is C9H8F3N5O2. The first-order valence-electron chi connectivity index (χ1n) is 5.09. The molecule has 102 valence electrons. The quantitative estimate of drug-likeness (QED) is 0.883. The van der Waals surface area contributed by atoms with Gasteiger partial charge in [-0.05, 0) is 17.3 Å². The van der Waals surface area contributed by atoms with Gasteiger partial charge in [-0.25, -0.2) is 0 Å². The Bertz CT molecular complexity index is 548. The third kappa shape index (κ3) is 3.79. The molecule has 7 nitrogen and oxygen atoms in total. The summed E-state index contributed by atoms with van der Waals surface area (Å²) in [6.45, 7) is -1.85. The molecule has 0 aliphatic heterocycles. The molecule has 0 radical (unpaired) electrons. The van der Waals surface area contributed by atoms with Crippen molar-refractivity contribution in [3.8, 4) is 11.6 Å². The number of nitrogens with one attached hydrogen (secondary N) is 1. The van der Waals surface area contributed by atoms with Crippen LogP contribution in [0.25, 0.3) is 11.6 Å². The SMILES string of the molecule is O=C(Cn1nnc(-c2ccco2)n1)NCC(F)(F)F. The molecule has 1 N–H and O–H groups in total. The molecule has 0 aliphatic rings. The number of hydrogen-bond donors (Lipinski definition) is 1. The van der Waals surface area contributed by atoms with E-state index in [4.69, 9.17) is 4.42 Å². The smallest absolute Gasteiger partial charge is 0.405 e. The lowest BCUT2D eigenvalue weighted by atomic mass is 10.4. The zero-order valence-corrected chi connectivity index (χ0v) is 9.39. The standard InChI is InChI=1S/C9H8F3N5O2/c10-9(11,12)5-13-7(18)4-17-15-8(14-16-17)6-2-1-3-19-6/h1-3H,4-5H2,(H,13,18). The summed E-state index contributed by atoms with van der Waals surface area (Å²) in [5, 5.41) is 12.6. The van der Waals surface area contributed by atoms with E-state index in [0.717, 1.165) is 4.80 Å². The van der Waals surface area contributed by atoms with Gasteiger partial charge in [-0.3, -0.25) is 4.79 Å². The molecular weight excluding hydrogens is 267 g/mol. The van der Waals surface area contributed by atoms with E-state index < -0.39 is 25.2 Å². The van der Waals surface area contributed by atoms with E-state index in [0.29, 0.717) is 5.76 Å². The van der Waals surface area contributed by atoms with Gasteiger partial charge in [-0.1, -0.05) is 0 Å². The number of amides is 1. The van der Waals surface area contributed by atoms with Crippen LogP contribution in [0.15, 0.2) is 22.8 Å². The van der Waals surface area contributed by atoms with Crippen molar-refractivity contribution in [1.29, 1.82) is 0 Å². The maximum atomic E-state index is 11.9. The van der Waals surface area contributed by atoms with E-state index in [1.807, 2.05) is 0 Å². The minimum atomic E-state index is -4.45. The highest BCUT2D eigenvalue weighted by Gasteiger charge is 2.27. The summed E-state index contributed by atoms with van der Waals surface area (Å²) in [7, 11) is 0. The van der Waals surface area contributed by atoms with Crippen LogP contribution in [0.5, 0.6) is 0 Å². The number of nitrogens with zero attached hydrogens (tertiary/aromatic N) is 4. The Hall–Kier alpha value is -2.39. The van der Waals surface area contributed by atoms with Crippen molar-refractivity contribution in [2.45, 2.75) is 12.7 Å². The molecule has 0 aliphatic carbocycles. The second kappa shape index (κ2) is 5.08. The molecule has 2 heterocycles. The fourth-order valence-electron chi connectivity index (χ4n) is 1.20. The van der Waals surface area contributed by atoms with Crippen LogP contribution in [-0.2, 0) is 11.3 Å². The molecule has 0 atom stereocenters. The van der Waals surface area contributed by atoms with Crippen molar-refractivity contribution >= 4 is 5.91 Å². The number of carbonyl (C=O) groups excluding carboxylic acids is 1. The first-order valence-corrected chi connectivity index (χ1v) is 5.09. The highest BCUT2D eigenvalue weighted by Crippen LogP contribution is 2.13. The average molecular weight is 275 g/mol. The number of carbonyl (C=O) groups is 1. The predicted molar refractivity (Wildman–Crippen MR) is 54.6 cm³/mol. The van der Waals surface area contributed by atoms with Gasteiger partial charge in [0.15, 0.2) is 5.76 Å². The molecule has 2 rings (SSSR count). The van der Waals surface area contributed by atoms with E-state index in [-0.39, 0.29) is 5.82 Å². The molecule has 0 spiro atoms.